The summed E-state index contributed by atoms with van der Waals surface area (Å²) in [6, 6.07) is 14.5. The molecule has 0 heterocycles. The molecule has 3 heteroatoms. The lowest BCUT2D eigenvalue weighted by Crippen LogP contribution is -2.02. The van der Waals surface area contributed by atoms with Crippen molar-refractivity contribution in [2.24, 2.45) is 0 Å². The molecule has 0 atom stereocenters. The Balaban J connectivity index is 2.28. The van der Waals surface area contributed by atoms with E-state index in [0.29, 0.717) is 9.79 Å². The quantitative estimate of drug-likeness (QED) is 0.791. The van der Waals surface area contributed by atoms with Gasteiger partial charge in [0.2, 0.25) is 9.84 Å². The average molecular weight is 302 g/mol. The monoisotopic (exact) mass is 302 g/mol. The molecule has 0 N–H and O–H groups in total. The fourth-order valence-corrected chi connectivity index (χ4v) is 3.64. The molecule has 2 aromatic rings. The summed E-state index contributed by atoms with van der Waals surface area (Å²) in [7, 11) is -3.40. The molecule has 0 radical (unpaired) electrons. The number of benzene rings is 2. The first-order chi connectivity index (χ1) is 10.1. The van der Waals surface area contributed by atoms with E-state index in [2.05, 4.69) is 13.8 Å². The third-order valence-corrected chi connectivity index (χ3v) is 5.33. The van der Waals surface area contributed by atoms with E-state index >= 15 is 0 Å². The number of rotatable bonds is 6. The zero-order valence-electron chi connectivity index (χ0n) is 12.7. The van der Waals surface area contributed by atoms with Crippen LogP contribution in [0.5, 0.6) is 0 Å². The van der Waals surface area contributed by atoms with E-state index in [1.165, 1.54) is 11.1 Å². The molecule has 0 aromatic heterocycles. The summed E-state index contributed by atoms with van der Waals surface area (Å²) in [6.07, 6.45) is 4.08. The Morgan fingerprint density at radius 2 is 1.00 bits per heavy atom. The van der Waals surface area contributed by atoms with Crippen LogP contribution in [-0.4, -0.2) is 8.42 Å². The van der Waals surface area contributed by atoms with Crippen molar-refractivity contribution in [2.45, 2.75) is 49.3 Å². The van der Waals surface area contributed by atoms with Gasteiger partial charge in [-0.15, -0.1) is 0 Å². The van der Waals surface area contributed by atoms with Crippen LogP contribution in [0.3, 0.4) is 0 Å². The molecule has 0 aliphatic rings. The minimum absolute atomic E-state index is 0.366. The minimum atomic E-state index is -3.40. The van der Waals surface area contributed by atoms with Crippen molar-refractivity contribution in [1.82, 2.24) is 0 Å². The van der Waals surface area contributed by atoms with Gasteiger partial charge in [0.05, 0.1) is 9.79 Å². The molecule has 0 saturated carbocycles. The normalized spacial score (nSPS) is 11.5. The average Bonchev–Trinajstić information content (AvgIpc) is 2.49. The maximum absolute atomic E-state index is 12.6. The highest BCUT2D eigenvalue weighted by atomic mass is 32.2. The van der Waals surface area contributed by atoms with Gasteiger partial charge in [-0.05, 0) is 48.2 Å². The second-order valence-electron chi connectivity index (χ2n) is 5.29. The van der Waals surface area contributed by atoms with Gasteiger partial charge >= 0.3 is 0 Å². The number of hydrogen-bond acceptors (Lipinski definition) is 2. The van der Waals surface area contributed by atoms with Gasteiger partial charge in [-0.2, -0.15) is 0 Å². The first-order valence-electron chi connectivity index (χ1n) is 7.51. The lowest BCUT2D eigenvalue weighted by atomic mass is 10.1. The molecule has 0 unspecified atom stereocenters. The third-order valence-electron chi connectivity index (χ3n) is 3.54. The number of aryl methyl sites for hydroxylation is 2. The molecule has 0 fully saturated rings. The van der Waals surface area contributed by atoms with Gasteiger partial charge < -0.3 is 0 Å². The molecule has 2 nitrogen and oxygen atoms in total. The Hall–Kier alpha value is -1.61. The van der Waals surface area contributed by atoms with Gasteiger partial charge in [-0.1, -0.05) is 51.0 Å². The second kappa shape index (κ2) is 6.90. The Morgan fingerprint density at radius 3 is 1.29 bits per heavy atom. The number of sulfone groups is 1. The summed E-state index contributed by atoms with van der Waals surface area (Å²) < 4.78 is 25.1. The zero-order valence-corrected chi connectivity index (χ0v) is 13.5. The number of hydrogen-bond donors (Lipinski definition) is 0. The highest BCUT2D eigenvalue weighted by Gasteiger charge is 2.17. The summed E-state index contributed by atoms with van der Waals surface area (Å²) in [5.74, 6) is 0. The lowest BCUT2D eigenvalue weighted by Gasteiger charge is -2.07. The van der Waals surface area contributed by atoms with Crippen LogP contribution in [0, 0.1) is 0 Å². The van der Waals surface area contributed by atoms with Crippen LogP contribution in [0.2, 0.25) is 0 Å². The maximum atomic E-state index is 12.6. The van der Waals surface area contributed by atoms with Crippen molar-refractivity contribution in [3.63, 3.8) is 0 Å². The maximum Gasteiger partial charge on any atom is 0.206 e. The first kappa shape index (κ1) is 15.8. The Kier molecular flexibility index (Phi) is 5.18. The largest absolute Gasteiger partial charge is 0.219 e. The van der Waals surface area contributed by atoms with Crippen molar-refractivity contribution in [3.05, 3.63) is 59.7 Å². The SMILES string of the molecule is CCCc1ccc(S(=O)(=O)c2ccc(CCC)cc2)cc1. The zero-order chi connectivity index (χ0) is 15.3. The molecule has 21 heavy (non-hydrogen) atoms. The molecular weight excluding hydrogens is 280 g/mol. The lowest BCUT2D eigenvalue weighted by molar-refractivity contribution is 0.596. The molecule has 0 spiro atoms. The fourth-order valence-electron chi connectivity index (χ4n) is 2.38. The van der Waals surface area contributed by atoms with Crippen molar-refractivity contribution in [2.75, 3.05) is 0 Å². The van der Waals surface area contributed by atoms with E-state index < -0.39 is 9.84 Å². The Morgan fingerprint density at radius 1 is 0.667 bits per heavy atom. The van der Waals surface area contributed by atoms with Crippen LogP contribution < -0.4 is 0 Å². The summed E-state index contributed by atoms with van der Waals surface area (Å²) in [5, 5.41) is 0. The molecule has 2 rings (SSSR count). The van der Waals surface area contributed by atoms with Crippen molar-refractivity contribution < 1.29 is 8.42 Å². The second-order valence-corrected chi connectivity index (χ2v) is 7.24. The van der Waals surface area contributed by atoms with Gasteiger partial charge in [-0.25, -0.2) is 8.42 Å². The topological polar surface area (TPSA) is 34.1 Å². The predicted octanol–water partition coefficient (Wildman–Crippen LogP) is 4.42. The Bertz CT molecular complexity index is 613. The highest BCUT2D eigenvalue weighted by Crippen LogP contribution is 2.22. The standard InChI is InChI=1S/C18H22O2S/c1-3-5-15-7-11-17(12-8-15)21(19,20)18-13-9-16(6-4-2)10-14-18/h7-14H,3-6H2,1-2H3. The molecule has 0 amide bonds. The van der Waals surface area contributed by atoms with E-state index in [-0.39, 0.29) is 0 Å². The van der Waals surface area contributed by atoms with Crippen LogP contribution in [0.25, 0.3) is 0 Å². The van der Waals surface area contributed by atoms with E-state index in [1.807, 2.05) is 24.3 Å². The van der Waals surface area contributed by atoms with Gasteiger partial charge in [0, 0.05) is 0 Å². The molecule has 0 saturated heterocycles. The predicted molar refractivity (Wildman–Crippen MR) is 86.3 cm³/mol. The van der Waals surface area contributed by atoms with Crippen LogP contribution >= 0.6 is 0 Å². The van der Waals surface area contributed by atoms with Gasteiger partial charge in [0.15, 0.2) is 0 Å². The van der Waals surface area contributed by atoms with Crippen molar-refractivity contribution >= 4 is 9.84 Å². The molecule has 0 aliphatic carbocycles. The Labute approximate surface area is 127 Å². The molecule has 0 aliphatic heterocycles. The minimum Gasteiger partial charge on any atom is -0.219 e. The van der Waals surface area contributed by atoms with Crippen LogP contribution in [0.15, 0.2) is 58.3 Å². The summed E-state index contributed by atoms with van der Waals surface area (Å²) >= 11 is 0. The molecule has 112 valence electrons. The van der Waals surface area contributed by atoms with Crippen LogP contribution in [0.4, 0.5) is 0 Å². The fraction of sp³-hybridized carbons (Fsp3) is 0.333. The highest BCUT2D eigenvalue weighted by molar-refractivity contribution is 7.91. The van der Waals surface area contributed by atoms with E-state index in [0.717, 1.165) is 25.7 Å². The van der Waals surface area contributed by atoms with Gasteiger partial charge in [0.25, 0.3) is 0 Å². The molecule has 0 bridgehead atoms. The van der Waals surface area contributed by atoms with Gasteiger partial charge in [-0.3, -0.25) is 0 Å². The smallest absolute Gasteiger partial charge is 0.206 e. The van der Waals surface area contributed by atoms with E-state index in [1.54, 1.807) is 24.3 Å². The van der Waals surface area contributed by atoms with Crippen LogP contribution in [0.1, 0.15) is 37.8 Å². The summed E-state index contributed by atoms with van der Waals surface area (Å²) in [6.45, 7) is 4.23. The van der Waals surface area contributed by atoms with Crippen molar-refractivity contribution in [3.8, 4) is 0 Å². The first-order valence-corrected chi connectivity index (χ1v) is 8.99. The summed E-state index contributed by atoms with van der Waals surface area (Å²) in [5.41, 5.74) is 2.35. The van der Waals surface area contributed by atoms with Gasteiger partial charge in [0.1, 0.15) is 0 Å². The van der Waals surface area contributed by atoms with E-state index in [9.17, 15) is 8.42 Å². The van der Waals surface area contributed by atoms with Crippen LogP contribution in [-0.2, 0) is 22.7 Å². The van der Waals surface area contributed by atoms with E-state index in [4.69, 9.17) is 0 Å². The molecule has 2 aromatic carbocycles. The third kappa shape index (κ3) is 3.73. The van der Waals surface area contributed by atoms with Crippen molar-refractivity contribution in [1.29, 1.82) is 0 Å². The summed E-state index contributed by atoms with van der Waals surface area (Å²) in [4.78, 5) is 0.733. The molecular formula is C18H22O2S.